The van der Waals surface area contributed by atoms with Gasteiger partial charge >= 0.3 is 5.97 Å². The zero-order valence-electron chi connectivity index (χ0n) is 36.7. The van der Waals surface area contributed by atoms with E-state index in [4.69, 9.17) is 14.2 Å². The molecule has 17 unspecified atom stereocenters. The molecule has 13 heteroatoms. The van der Waals surface area contributed by atoms with Crippen molar-refractivity contribution in [2.75, 3.05) is 14.2 Å². The lowest BCUT2D eigenvalue weighted by molar-refractivity contribution is -0.158. The topological polar surface area (TPSA) is 141 Å². The Kier molecular flexibility index (Phi) is 11.5. The summed E-state index contributed by atoms with van der Waals surface area (Å²) < 4.78 is 18.1. The number of methoxy groups -OCH3 is 2. The number of rotatable bonds is 6. The summed E-state index contributed by atoms with van der Waals surface area (Å²) in [6, 6.07) is 16.0. The second kappa shape index (κ2) is 17.1. The molecule has 5 heterocycles. The largest absolute Gasteiger partial charge is 0.497 e. The Hall–Kier alpha value is -2.59. The molecule has 2 aromatic rings. The summed E-state index contributed by atoms with van der Waals surface area (Å²) in [5.74, 6) is 5.49. The van der Waals surface area contributed by atoms with Crippen LogP contribution in [0.3, 0.4) is 0 Å². The lowest BCUT2D eigenvalue weighted by Crippen LogP contribution is -2.62. The molecule has 5 aliphatic heterocycles. The molecule has 4 aliphatic carbocycles. The highest BCUT2D eigenvalue weighted by Gasteiger charge is 2.57. The molecule has 0 spiro atoms. The van der Waals surface area contributed by atoms with E-state index in [1.54, 1.807) is 14.2 Å². The summed E-state index contributed by atoms with van der Waals surface area (Å²) in [6.07, 6.45) is 20.0. The van der Waals surface area contributed by atoms with Crippen LogP contribution in [0.5, 0.6) is 11.5 Å². The predicted octanol–water partition coefficient (Wildman–Crippen LogP) is 3.45. The summed E-state index contributed by atoms with van der Waals surface area (Å²) >= 11 is 0. The lowest BCUT2D eigenvalue weighted by atomic mass is 9.75. The minimum absolute atomic E-state index is 0.00741. The summed E-state index contributed by atoms with van der Waals surface area (Å²) in [5.41, 5.74) is 1.88. The van der Waals surface area contributed by atoms with Crippen LogP contribution in [-0.2, 0) is 14.6 Å². The third kappa shape index (κ3) is 7.39. The molecule has 2 aromatic carbocycles. The summed E-state index contributed by atoms with van der Waals surface area (Å²) in [6.45, 7) is 0. The van der Waals surface area contributed by atoms with Gasteiger partial charge in [0.2, 0.25) is 0 Å². The molecule has 5 saturated heterocycles. The number of ether oxygens (including phenoxy) is 3. The van der Waals surface area contributed by atoms with Crippen LogP contribution < -0.4 is 52.0 Å². The van der Waals surface area contributed by atoms with Gasteiger partial charge in [-0.05, 0) is 135 Å². The second-order valence-electron chi connectivity index (χ2n) is 20.7. The molecule has 0 aromatic heterocycles. The Bertz CT molecular complexity index is 1810. The van der Waals surface area contributed by atoms with E-state index in [1.807, 2.05) is 48.5 Å². The minimum atomic E-state index is -0.901. The third-order valence-electron chi connectivity index (χ3n) is 17.8. The Morgan fingerprint density at radius 3 is 1.11 bits per heavy atom. The number of esters is 1. The highest BCUT2D eigenvalue weighted by Crippen LogP contribution is 2.47. The molecular formula is C48H72N8O4Si. The normalized spacial score (nSPS) is 43.1. The Labute approximate surface area is 366 Å². The molecule has 9 aliphatic rings. The average molecular weight is 853 g/mol. The third-order valence-corrected chi connectivity index (χ3v) is 19.4. The van der Waals surface area contributed by atoms with Crippen molar-refractivity contribution in [3.63, 3.8) is 0 Å². The van der Waals surface area contributed by atoms with Crippen LogP contribution in [0.4, 0.5) is 0 Å². The number of fused-ring (bicyclic) bond motifs is 20. The van der Waals surface area contributed by atoms with E-state index in [9.17, 15) is 0 Å². The standard InChI is InChI=1S/C48H72N8O4Si/c1-58-28-22-18-26(19-23-28)48(61,27-20-24-29(59-2)25-21-27)47(57)60-37-17-9-16-36-38(37)46-55-44-35-15-8-7-14-34(35)42(53-44)51-40-31-11-4-3-10-30(31)39(49-40)50-41-32-12-5-6-13-33(32)43(52-41)54-45(36)56-46/h18-25,30-46,49-56H,3-17H2,1-2,61H3. The number of hydrogen-bond acceptors (Lipinski definition) is 12. The van der Waals surface area contributed by atoms with E-state index in [2.05, 4.69) is 42.5 Å². The van der Waals surface area contributed by atoms with E-state index in [-0.39, 0.29) is 55.0 Å². The zero-order valence-corrected chi connectivity index (χ0v) is 38.7. The predicted molar refractivity (Wildman–Crippen MR) is 239 cm³/mol. The molecule has 332 valence electrons. The maximum atomic E-state index is 15.2. The molecule has 9 fully saturated rings. The molecular weight excluding hydrogens is 781 g/mol. The van der Waals surface area contributed by atoms with Crippen molar-refractivity contribution in [1.29, 1.82) is 0 Å². The van der Waals surface area contributed by atoms with Crippen molar-refractivity contribution in [2.24, 2.45) is 47.3 Å². The Morgan fingerprint density at radius 1 is 0.459 bits per heavy atom. The molecule has 8 bridgehead atoms. The van der Waals surface area contributed by atoms with Crippen molar-refractivity contribution in [3.8, 4) is 11.5 Å². The second-order valence-corrected chi connectivity index (χ2v) is 22.2. The van der Waals surface area contributed by atoms with Gasteiger partial charge in [-0.25, -0.2) is 0 Å². The van der Waals surface area contributed by atoms with E-state index < -0.39 is 5.04 Å². The van der Waals surface area contributed by atoms with Gasteiger partial charge in [-0.15, -0.1) is 0 Å². The van der Waals surface area contributed by atoms with Gasteiger partial charge in [0.25, 0.3) is 0 Å². The molecule has 0 amide bonds. The molecule has 11 rings (SSSR count). The minimum Gasteiger partial charge on any atom is -0.497 e. The van der Waals surface area contributed by atoms with Gasteiger partial charge in [0.05, 0.1) is 68.6 Å². The van der Waals surface area contributed by atoms with Crippen molar-refractivity contribution in [2.45, 2.75) is 157 Å². The molecule has 0 radical (unpaired) electrons. The van der Waals surface area contributed by atoms with Crippen molar-refractivity contribution in [3.05, 3.63) is 59.7 Å². The van der Waals surface area contributed by atoms with Gasteiger partial charge in [-0.2, -0.15) is 0 Å². The van der Waals surface area contributed by atoms with Crippen LogP contribution in [0.1, 0.15) is 107 Å². The molecule has 17 atom stereocenters. The first kappa shape index (κ1) is 41.1. The van der Waals surface area contributed by atoms with Crippen LogP contribution in [0.25, 0.3) is 0 Å². The molecule has 61 heavy (non-hydrogen) atoms. The average Bonchev–Trinajstić information content (AvgIpc) is 4.05. The Morgan fingerprint density at radius 2 is 0.770 bits per heavy atom. The van der Waals surface area contributed by atoms with Crippen LogP contribution in [0, 0.1) is 47.3 Å². The highest BCUT2D eigenvalue weighted by molar-refractivity contribution is 6.30. The number of carbonyl (C=O) groups excluding carboxylic acids is 1. The first-order valence-corrected chi connectivity index (χ1v) is 25.5. The van der Waals surface area contributed by atoms with Crippen LogP contribution in [0.2, 0.25) is 0 Å². The van der Waals surface area contributed by atoms with Crippen LogP contribution >= 0.6 is 0 Å². The summed E-state index contributed by atoms with van der Waals surface area (Å²) in [5, 5.41) is 33.0. The van der Waals surface area contributed by atoms with Crippen LogP contribution in [-0.4, -0.2) is 85.9 Å². The number of carbonyl (C=O) groups is 1. The van der Waals surface area contributed by atoms with Gasteiger partial charge in [-0.1, -0.05) is 62.8 Å². The first-order valence-electron chi connectivity index (χ1n) is 24.5. The number of benzene rings is 2. The van der Waals surface area contributed by atoms with Gasteiger partial charge in [-0.3, -0.25) is 47.3 Å². The fourth-order valence-corrected chi connectivity index (χ4v) is 15.4. The van der Waals surface area contributed by atoms with E-state index in [0.717, 1.165) is 41.9 Å². The fourth-order valence-electron chi connectivity index (χ4n) is 14.6. The van der Waals surface area contributed by atoms with Crippen LogP contribution in [0.15, 0.2) is 48.5 Å². The smallest absolute Gasteiger partial charge is 0.317 e. The van der Waals surface area contributed by atoms with Gasteiger partial charge in [0.15, 0.2) is 0 Å². The van der Waals surface area contributed by atoms with Crippen molar-refractivity contribution in [1.82, 2.24) is 42.5 Å². The van der Waals surface area contributed by atoms with E-state index >= 15 is 4.79 Å². The van der Waals surface area contributed by atoms with Crippen molar-refractivity contribution >= 4 is 16.2 Å². The highest BCUT2D eigenvalue weighted by atomic mass is 28.1. The fraction of sp³-hybridized carbons (Fsp3) is 0.729. The zero-order chi connectivity index (χ0) is 41.2. The number of hydrogen-bond donors (Lipinski definition) is 8. The molecule has 8 N–H and O–H groups in total. The number of nitrogens with one attached hydrogen (secondary N) is 8. The Balaban J connectivity index is 0.927. The maximum absolute atomic E-state index is 15.2. The molecule has 4 saturated carbocycles. The molecule has 12 nitrogen and oxygen atoms in total. The maximum Gasteiger partial charge on any atom is 0.317 e. The van der Waals surface area contributed by atoms with Gasteiger partial charge in [0, 0.05) is 16.2 Å². The summed E-state index contributed by atoms with van der Waals surface area (Å²) in [7, 11) is 3.90. The SMILES string of the molecule is COc1ccc(C([SiH3])(C(=O)OC2CCCC3C4NC5NC(NC6NC(NC7NC(NC(N4)C23)C2CCCCC72)C2CCCCC62)C2CCCCC52)c2ccc(OC)cc2)cc1. The van der Waals surface area contributed by atoms with Crippen molar-refractivity contribution < 1.29 is 19.0 Å². The van der Waals surface area contributed by atoms with E-state index in [1.165, 1.54) is 77.0 Å². The van der Waals surface area contributed by atoms with Gasteiger partial charge in [0.1, 0.15) is 17.6 Å². The quantitative estimate of drug-likeness (QED) is 0.160. The lowest BCUT2D eigenvalue weighted by Gasteiger charge is -2.40. The van der Waals surface area contributed by atoms with Gasteiger partial charge < -0.3 is 14.2 Å². The van der Waals surface area contributed by atoms with E-state index in [0.29, 0.717) is 64.0 Å². The summed E-state index contributed by atoms with van der Waals surface area (Å²) in [4.78, 5) is 15.2. The monoisotopic (exact) mass is 853 g/mol. The first-order chi connectivity index (χ1) is 29.9.